The van der Waals surface area contributed by atoms with Gasteiger partial charge in [-0.15, -0.1) is 0 Å². The van der Waals surface area contributed by atoms with Crippen LogP contribution in [0.15, 0.2) is 48.9 Å². The van der Waals surface area contributed by atoms with Gasteiger partial charge in [0, 0.05) is 65.3 Å². The summed E-state index contributed by atoms with van der Waals surface area (Å²) in [5.74, 6) is 3.11. The Morgan fingerprint density at radius 1 is 0.943 bits per heavy atom. The fraction of sp³-hybridized carbons (Fsp3) is 0.357. The van der Waals surface area contributed by atoms with Crippen LogP contribution in [0.2, 0.25) is 0 Å². The van der Waals surface area contributed by atoms with Crippen LogP contribution in [0.5, 0.6) is 0 Å². The molecule has 1 aromatic carbocycles. The third-order valence-electron chi connectivity index (χ3n) is 8.52. The molecule has 8 rings (SSSR count). The number of benzene rings is 1. The molecule has 1 unspecified atom stereocenters. The summed E-state index contributed by atoms with van der Waals surface area (Å²) in [6, 6.07) is 10.9. The lowest BCUT2D eigenvalue weighted by atomic mass is 9.79. The van der Waals surface area contributed by atoms with Gasteiger partial charge in [-0.1, -0.05) is 24.6 Å². The molecule has 4 aromatic heterocycles. The van der Waals surface area contributed by atoms with Crippen LogP contribution in [-0.2, 0) is 0 Å². The number of para-hydroxylation sites is 1. The van der Waals surface area contributed by atoms with Crippen molar-refractivity contribution in [1.29, 1.82) is 0 Å². The van der Waals surface area contributed by atoms with Crippen molar-refractivity contribution in [3.05, 3.63) is 54.5 Å². The zero-order valence-corrected chi connectivity index (χ0v) is 19.5. The number of fused-ring (bicyclic) bond motifs is 5. The molecule has 3 aliphatic rings. The molecule has 6 heterocycles. The smallest absolute Gasteiger partial charge is 0.163 e. The fourth-order valence-electron chi connectivity index (χ4n) is 6.51. The molecule has 0 bridgehead atoms. The zero-order valence-electron chi connectivity index (χ0n) is 19.5. The van der Waals surface area contributed by atoms with E-state index in [4.69, 9.17) is 9.97 Å². The van der Waals surface area contributed by atoms with E-state index in [0.29, 0.717) is 17.9 Å². The van der Waals surface area contributed by atoms with Crippen LogP contribution < -0.4 is 10.2 Å². The van der Waals surface area contributed by atoms with Crippen LogP contribution in [0.1, 0.15) is 37.2 Å². The Bertz CT molecular complexity index is 1600. The minimum atomic E-state index is 0.494. The lowest BCUT2D eigenvalue weighted by molar-refractivity contribution is 0.421. The van der Waals surface area contributed by atoms with Crippen molar-refractivity contribution in [2.24, 2.45) is 5.92 Å². The molecule has 2 atom stereocenters. The molecular formula is C28H27N7. The van der Waals surface area contributed by atoms with Gasteiger partial charge >= 0.3 is 0 Å². The van der Waals surface area contributed by atoms with Crippen molar-refractivity contribution < 1.29 is 0 Å². The molecule has 2 saturated heterocycles. The van der Waals surface area contributed by atoms with Crippen molar-refractivity contribution in [3.8, 4) is 11.4 Å². The summed E-state index contributed by atoms with van der Waals surface area (Å²) in [6.07, 6.45) is 10.8. The molecule has 2 N–H and O–H groups in total. The van der Waals surface area contributed by atoms with E-state index in [9.17, 15) is 0 Å². The summed E-state index contributed by atoms with van der Waals surface area (Å²) in [7, 11) is 0. The highest BCUT2D eigenvalue weighted by Gasteiger charge is 2.39. The second-order valence-electron chi connectivity index (χ2n) is 10.3. The molecule has 0 spiro atoms. The largest absolute Gasteiger partial charge is 0.351 e. The molecule has 3 fully saturated rings. The highest BCUT2D eigenvalue weighted by molar-refractivity contribution is 6.12. The van der Waals surface area contributed by atoms with Crippen LogP contribution in [-0.4, -0.2) is 50.6 Å². The third-order valence-corrected chi connectivity index (χ3v) is 8.52. The first-order valence-corrected chi connectivity index (χ1v) is 12.8. The number of rotatable bonds is 3. The maximum atomic E-state index is 5.37. The van der Waals surface area contributed by atoms with Crippen LogP contribution in [0, 0.1) is 5.92 Å². The molecule has 1 aliphatic carbocycles. The van der Waals surface area contributed by atoms with E-state index in [2.05, 4.69) is 61.7 Å². The molecule has 0 radical (unpaired) electrons. The molecule has 7 heteroatoms. The lowest BCUT2D eigenvalue weighted by Gasteiger charge is -2.30. The molecule has 0 amide bonds. The van der Waals surface area contributed by atoms with Crippen molar-refractivity contribution in [3.63, 3.8) is 0 Å². The van der Waals surface area contributed by atoms with Gasteiger partial charge in [-0.05, 0) is 48.8 Å². The van der Waals surface area contributed by atoms with Crippen LogP contribution >= 0.6 is 0 Å². The van der Waals surface area contributed by atoms with Gasteiger partial charge in [0.05, 0.1) is 11.7 Å². The summed E-state index contributed by atoms with van der Waals surface area (Å²) < 4.78 is 0. The summed E-state index contributed by atoms with van der Waals surface area (Å²) in [6.45, 7) is 3.18. The van der Waals surface area contributed by atoms with Gasteiger partial charge in [0.25, 0.3) is 0 Å². The van der Waals surface area contributed by atoms with E-state index in [1.165, 1.54) is 36.6 Å². The predicted molar refractivity (Wildman–Crippen MR) is 139 cm³/mol. The number of pyridine rings is 2. The Labute approximate surface area is 203 Å². The first-order chi connectivity index (χ1) is 17.3. The molecule has 7 nitrogen and oxygen atoms in total. The average molecular weight is 462 g/mol. The Hall–Kier alpha value is -3.58. The first-order valence-electron chi connectivity index (χ1n) is 12.8. The van der Waals surface area contributed by atoms with Crippen molar-refractivity contribution >= 4 is 38.7 Å². The minimum absolute atomic E-state index is 0.494. The number of aromatic nitrogens is 5. The normalized spacial score (nSPS) is 22.3. The Morgan fingerprint density at radius 2 is 1.89 bits per heavy atom. The SMILES string of the molecule is c1ccc2c(c1)[nH]c1nccc(-c3nc(N4CCC5CNC[C@@H]54)c4c(C5CCC5)cncc4n3)c12. The quantitative estimate of drug-likeness (QED) is 0.402. The average Bonchev–Trinajstić information content (AvgIpc) is 3.56. The molecule has 35 heavy (non-hydrogen) atoms. The molecular weight excluding hydrogens is 434 g/mol. The summed E-state index contributed by atoms with van der Waals surface area (Å²) in [5, 5.41) is 7.06. The fourth-order valence-corrected chi connectivity index (χ4v) is 6.51. The van der Waals surface area contributed by atoms with E-state index in [1.807, 2.05) is 12.4 Å². The van der Waals surface area contributed by atoms with Gasteiger partial charge < -0.3 is 15.2 Å². The number of hydrogen-bond acceptors (Lipinski definition) is 6. The van der Waals surface area contributed by atoms with Crippen LogP contribution in [0.3, 0.4) is 0 Å². The number of nitrogens with one attached hydrogen (secondary N) is 2. The number of nitrogens with zero attached hydrogens (tertiary/aromatic N) is 5. The van der Waals surface area contributed by atoms with Gasteiger partial charge in [0.2, 0.25) is 0 Å². The number of H-pyrrole nitrogens is 1. The molecule has 174 valence electrons. The van der Waals surface area contributed by atoms with Crippen molar-refractivity contribution in [2.45, 2.75) is 37.6 Å². The van der Waals surface area contributed by atoms with Crippen molar-refractivity contribution in [1.82, 2.24) is 30.2 Å². The third kappa shape index (κ3) is 2.88. The maximum Gasteiger partial charge on any atom is 0.163 e. The Kier molecular flexibility index (Phi) is 4.20. The minimum Gasteiger partial charge on any atom is -0.351 e. The van der Waals surface area contributed by atoms with E-state index >= 15 is 0 Å². The predicted octanol–water partition coefficient (Wildman–Crippen LogP) is 4.79. The van der Waals surface area contributed by atoms with Gasteiger partial charge in [0.1, 0.15) is 11.5 Å². The molecule has 5 aromatic rings. The number of anilines is 1. The highest BCUT2D eigenvalue weighted by atomic mass is 15.3. The van der Waals surface area contributed by atoms with E-state index in [-0.39, 0.29) is 0 Å². The van der Waals surface area contributed by atoms with Gasteiger partial charge in [-0.2, -0.15) is 0 Å². The topological polar surface area (TPSA) is 82.6 Å². The highest BCUT2D eigenvalue weighted by Crippen LogP contribution is 2.44. The second kappa shape index (κ2) is 7.46. The van der Waals surface area contributed by atoms with E-state index < -0.39 is 0 Å². The first kappa shape index (κ1) is 19.7. The Balaban J connectivity index is 1.41. The Morgan fingerprint density at radius 3 is 2.80 bits per heavy atom. The second-order valence-corrected chi connectivity index (χ2v) is 10.3. The number of aromatic amines is 1. The van der Waals surface area contributed by atoms with E-state index in [0.717, 1.165) is 64.3 Å². The number of hydrogen-bond donors (Lipinski definition) is 2. The molecule has 2 aliphatic heterocycles. The maximum absolute atomic E-state index is 5.37. The van der Waals surface area contributed by atoms with Gasteiger partial charge in [-0.25, -0.2) is 15.0 Å². The van der Waals surface area contributed by atoms with Gasteiger partial charge in [-0.3, -0.25) is 4.98 Å². The van der Waals surface area contributed by atoms with Crippen LogP contribution in [0.25, 0.3) is 44.2 Å². The monoisotopic (exact) mass is 461 g/mol. The summed E-state index contributed by atoms with van der Waals surface area (Å²) >= 11 is 0. The molecule has 1 saturated carbocycles. The zero-order chi connectivity index (χ0) is 22.9. The summed E-state index contributed by atoms with van der Waals surface area (Å²) in [5.41, 5.74) is 5.25. The summed E-state index contributed by atoms with van der Waals surface area (Å²) in [4.78, 5) is 25.8. The van der Waals surface area contributed by atoms with Gasteiger partial charge in [0.15, 0.2) is 5.82 Å². The van der Waals surface area contributed by atoms with Crippen LogP contribution in [0.4, 0.5) is 5.82 Å². The van der Waals surface area contributed by atoms with E-state index in [1.54, 1.807) is 0 Å². The standard InChI is InChI=1S/C28H27N7/c1-2-7-21-18(6-1)24-19(8-10-31-27(24)32-21)26-33-22-14-30-13-20(16-4-3-5-16)25(22)28(34-26)35-11-9-17-12-29-15-23(17)35/h1-2,6-8,10,13-14,16-17,23,29H,3-5,9,11-12,15H2,(H,31,32)/t17?,23-/m0/s1. The lowest BCUT2D eigenvalue weighted by Crippen LogP contribution is -2.35. The van der Waals surface area contributed by atoms with Crippen molar-refractivity contribution in [2.75, 3.05) is 24.5 Å².